The van der Waals surface area contributed by atoms with E-state index in [4.69, 9.17) is 11.6 Å². The molecule has 6 heteroatoms. The summed E-state index contributed by atoms with van der Waals surface area (Å²) in [4.78, 5) is 30.5. The molecule has 0 saturated carbocycles. The Morgan fingerprint density at radius 3 is 2.50 bits per heavy atom. The van der Waals surface area contributed by atoms with Crippen LogP contribution in [0, 0.1) is 19.8 Å². The molecule has 156 valence electrons. The van der Waals surface area contributed by atoms with E-state index in [1.54, 1.807) is 24.3 Å². The van der Waals surface area contributed by atoms with E-state index in [2.05, 4.69) is 0 Å². The van der Waals surface area contributed by atoms with Crippen molar-refractivity contribution in [2.24, 2.45) is 5.92 Å². The first kappa shape index (κ1) is 20.6. The Morgan fingerprint density at radius 2 is 1.80 bits per heavy atom. The molecule has 0 aromatic heterocycles. The molecule has 0 radical (unpaired) electrons. The molecule has 0 spiro atoms. The second-order valence-corrected chi connectivity index (χ2v) is 8.47. The molecule has 1 fully saturated rings. The number of piperidine rings is 1. The Labute approximate surface area is 181 Å². The van der Waals surface area contributed by atoms with E-state index in [1.807, 2.05) is 36.9 Å². The van der Waals surface area contributed by atoms with E-state index in [-0.39, 0.29) is 24.3 Å². The molecule has 2 aromatic rings. The van der Waals surface area contributed by atoms with Crippen LogP contribution in [0.4, 0.5) is 5.69 Å². The highest BCUT2D eigenvalue weighted by Crippen LogP contribution is 2.38. The Bertz CT molecular complexity index is 1030. The first-order valence-corrected chi connectivity index (χ1v) is 10.6. The summed E-state index contributed by atoms with van der Waals surface area (Å²) in [5.41, 5.74) is 4.03. The van der Waals surface area contributed by atoms with Crippen LogP contribution in [0.15, 0.2) is 48.2 Å². The molecule has 4 rings (SSSR count). The monoisotopic (exact) mass is 424 g/mol. The normalized spacial score (nSPS) is 19.8. The molecule has 2 aliphatic rings. The number of carbonyl (C=O) groups excluding carboxylic acids is 2. The van der Waals surface area contributed by atoms with Crippen LogP contribution in [0.1, 0.15) is 29.5 Å². The lowest BCUT2D eigenvalue weighted by atomic mass is 9.97. The molecule has 2 aromatic carbocycles. The molecule has 1 N–H and O–H groups in total. The van der Waals surface area contributed by atoms with Gasteiger partial charge in [0.2, 0.25) is 0 Å². The minimum Gasteiger partial charge on any atom is -0.396 e. The van der Waals surface area contributed by atoms with E-state index in [9.17, 15) is 14.7 Å². The highest BCUT2D eigenvalue weighted by molar-refractivity contribution is 6.45. The van der Waals surface area contributed by atoms with Gasteiger partial charge < -0.3 is 10.0 Å². The van der Waals surface area contributed by atoms with Crippen LogP contribution in [0.2, 0.25) is 5.02 Å². The molecule has 1 saturated heterocycles. The first-order chi connectivity index (χ1) is 14.4. The average Bonchev–Trinajstić information content (AvgIpc) is 3.01. The Balaban J connectivity index is 1.84. The fraction of sp³-hybridized carbons (Fsp3) is 0.333. The molecule has 1 atom stereocenters. The zero-order valence-electron chi connectivity index (χ0n) is 17.2. The van der Waals surface area contributed by atoms with Gasteiger partial charge in [-0.2, -0.15) is 0 Å². The van der Waals surface area contributed by atoms with Gasteiger partial charge in [-0.15, -0.1) is 0 Å². The number of hydrogen-bond donors (Lipinski definition) is 1. The lowest BCUT2D eigenvalue weighted by molar-refractivity contribution is -0.120. The van der Waals surface area contributed by atoms with Crippen molar-refractivity contribution < 1.29 is 14.7 Å². The van der Waals surface area contributed by atoms with Crippen LogP contribution in [0.3, 0.4) is 0 Å². The van der Waals surface area contributed by atoms with Crippen LogP contribution in [0.5, 0.6) is 0 Å². The van der Waals surface area contributed by atoms with E-state index < -0.39 is 0 Å². The molecule has 0 bridgehead atoms. The average molecular weight is 425 g/mol. The zero-order valence-corrected chi connectivity index (χ0v) is 17.9. The van der Waals surface area contributed by atoms with Crippen LogP contribution in [-0.2, 0) is 9.59 Å². The number of hydrogen-bond acceptors (Lipinski definition) is 4. The highest BCUT2D eigenvalue weighted by Gasteiger charge is 2.43. The fourth-order valence-corrected chi connectivity index (χ4v) is 4.43. The Hall–Kier alpha value is -2.63. The highest BCUT2D eigenvalue weighted by atomic mass is 35.5. The van der Waals surface area contributed by atoms with Crippen molar-refractivity contribution in [1.82, 2.24) is 4.90 Å². The number of aryl methyl sites for hydroxylation is 1. The molecule has 5 nitrogen and oxygen atoms in total. The number of nitrogens with zero attached hydrogens (tertiary/aromatic N) is 2. The van der Waals surface area contributed by atoms with Gasteiger partial charge in [0, 0.05) is 24.7 Å². The summed E-state index contributed by atoms with van der Waals surface area (Å²) in [5.74, 6) is -0.537. The smallest absolute Gasteiger partial charge is 0.282 e. The van der Waals surface area contributed by atoms with Crippen molar-refractivity contribution >= 4 is 34.7 Å². The number of anilines is 1. The van der Waals surface area contributed by atoms with Crippen LogP contribution in [0.25, 0.3) is 5.57 Å². The number of halogens is 1. The maximum absolute atomic E-state index is 13.6. The Kier molecular flexibility index (Phi) is 5.67. The van der Waals surface area contributed by atoms with Crippen molar-refractivity contribution in [3.63, 3.8) is 0 Å². The lowest BCUT2D eigenvalue weighted by Gasteiger charge is -2.34. The van der Waals surface area contributed by atoms with E-state index in [0.29, 0.717) is 40.6 Å². The molecular formula is C24H25ClN2O3. The van der Waals surface area contributed by atoms with Crippen molar-refractivity contribution in [3.8, 4) is 0 Å². The number of aliphatic hydroxyl groups is 1. The third-order valence-electron chi connectivity index (χ3n) is 6.10. The summed E-state index contributed by atoms with van der Waals surface area (Å²) in [6, 6.07) is 12.7. The molecule has 2 amide bonds. The predicted octanol–water partition coefficient (Wildman–Crippen LogP) is 3.95. The van der Waals surface area contributed by atoms with Gasteiger partial charge in [-0.3, -0.25) is 9.59 Å². The summed E-state index contributed by atoms with van der Waals surface area (Å²) in [6.07, 6.45) is 1.78. The number of benzene rings is 2. The second-order valence-electron chi connectivity index (χ2n) is 8.03. The number of likely N-dealkylation sites (tertiary alicyclic amines) is 1. The summed E-state index contributed by atoms with van der Waals surface area (Å²) >= 11 is 6.05. The fourth-order valence-electron chi connectivity index (χ4n) is 4.30. The van der Waals surface area contributed by atoms with Gasteiger partial charge in [0.25, 0.3) is 11.8 Å². The minimum absolute atomic E-state index is 0.0723. The molecular weight excluding hydrogens is 400 g/mol. The van der Waals surface area contributed by atoms with Gasteiger partial charge in [-0.25, -0.2) is 4.90 Å². The first-order valence-electron chi connectivity index (χ1n) is 10.2. The third kappa shape index (κ3) is 3.53. The number of carbonyl (C=O) groups is 2. The quantitative estimate of drug-likeness (QED) is 0.755. The number of rotatable bonds is 4. The zero-order chi connectivity index (χ0) is 21.4. The van der Waals surface area contributed by atoms with E-state index in [0.717, 1.165) is 24.0 Å². The molecule has 2 aliphatic heterocycles. The largest absolute Gasteiger partial charge is 0.396 e. The number of amides is 2. The van der Waals surface area contributed by atoms with Crippen molar-refractivity contribution in [2.75, 3.05) is 24.6 Å². The molecule has 30 heavy (non-hydrogen) atoms. The van der Waals surface area contributed by atoms with Crippen molar-refractivity contribution in [1.29, 1.82) is 0 Å². The Morgan fingerprint density at radius 1 is 1.07 bits per heavy atom. The molecule has 1 unspecified atom stereocenters. The van der Waals surface area contributed by atoms with Crippen LogP contribution in [-0.4, -0.2) is 41.5 Å². The van der Waals surface area contributed by atoms with Gasteiger partial charge >= 0.3 is 0 Å². The predicted molar refractivity (Wildman–Crippen MR) is 118 cm³/mol. The number of imide groups is 1. The second kappa shape index (κ2) is 8.25. The molecule has 0 aliphatic carbocycles. The van der Waals surface area contributed by atoms with Gasteiger partial charge in [-0.05, 0) is 67.5 Å². The van der Waals surface area contributed by atoms with Gasteiger partial charge in [0.1, 0.15) is 5.70 Å². The van der Waals surface area contributed by atoms with E-state index in [1.165, 1.54) is 4.90 Å². The SMILES string of the molecule is Cc1cccc(N2C(=O)C(c3ccc(Cl)cc3)=C(N3CCCC(CO)C3)C2=O)c1C. The summed E-state index contributed by atoms with van der Waals surface area (Å²) < 4.78 is 0. The summed E-state index contributed by atoms with van der Waals surface area (Å²) in [5, 5.41) is 10.2. The number of aliphatic hydroxyl groups excluding tert-OH is 1. The van der Waals surface area contributed by atoms with Gasteiger partial charge in [0.05, 0.1) is 11.3 Å². The van der Waals surface area contributed by atoms with Crippen molar-refractivity contribution in [3.05, 3.63) is 69.9 Å². The van der Waals surface area contributed by atoms with Crippen LogP contribution < -0.4 is 4.90 Å². The van der Waals surface area contributed by atoms with Crippen molar-refractivity contribution in [2.45, 2.75) is 26.7 Å². The maximum atomic E-state index is 13.6. The maximum Gasteiger partial charge on any atom is 0.282 e. The minimum atomic E-state index is -0.322. The summed E-state index contributed by atoms with van der Waals surface area (Å²) in [6.45, 7) is 5.21. The van der Waals surface area contributed by atoms with E-state index >= 15 is 0 Å². The topological polar surface area (TPSA) is 60.9 Å². The lowest BCUT2D eigenvalue weighted by Crippen LogP contribution is -2.40. The summed E-state index contributed by atoms with van der Waals surface area (Å²) in [7, 11) is 0. The van der Waals surface area contributed by atoms with Crippen LogP contribution >= 0.6 is 11.6 Å². The standard InChI is InChI=1S/C24H25ClN2O3/c1-15-5-3-7-20(16(15)2)27-23(29)21(18-8-10-19(25)11-9-18)22(24(27)30)26-12-4-6-17(13-26)14-28/h3,5,7-11,17,28H,4,6,12-14H2,1-2H3. The molecule has 2 heterocycles. The van der Waals surface area contributed by atoms with Gasteiger partial charge in [-0.1, -0.05) is 35.9 Å². The third-order valence-corrected chi connectivity index (χ3v) is 6.35. The van der Waals surface area contributed by atoms with Gasteiger partial charge in [0.15, 0.2) is 0 Å².